The van der Waals surface area contributed by atoms with Crippen molar-refractivity contribution in [3.8, 4) is 5.69 Å². The summed E-state index contributed by atoms with van der Waals surface area (Å²) in [7, 11) is 0. The summed E-state index contributed by atoms with van der Waals surface area (Å²) < 4.78 is 1.71. The fraction of sp³-hybridized carbons (Fsp3) is 0.500. The molecule has 21 heavy (non-hydrogen) atoms. The van der Waals surface area contributed by atoms with Gasteiger partial charge in [0.25, 0.3) is 5.56 Å². The number of hydrogen-bond acceptors (Lipinski definition) is 1. The predicted molar refractivity (Wildman–Crippen MR) is 88.4 cm³/mol. The van der Waals surface area contributed by atoms with Crippen LogP contribution in [0.25, 0.3) is 5.69 Å². The molecule has 3 heteroatoms. The maximum Gasteiger partial charge on any atom is 0.274 e. The normalized spacial score (nSPS) is 11.9. The predicted octanol–water partition coefficient (Wildman–Crippen LogP) is 4.11. The third kappa shape index (κ3) is 3.12. The summed E-state index contributed by atoms with van der Waals surface area (Å²) in [6.45, 7) is 10.6. The first-order valence-electron chi connectivity index (χ1n) is 7.76. The number of benzene rings is 1. The number of para-hydroxylation sites is 1. The minimum atomic E-state index is -0.0594. The third-order valence-corrected chi connectivity index (χ3v) is 3.87. The molecule has 0 radical (unpaired) electrons. The molecule has 1 N–H and O–H groups in total. The number of rotatable bonds is 4. The van der Waals surface area contributed by atoms with E-state index in [4.69, 9.17) is 0 Å². The average molecular weight is 286 g/mol. The van der Waals surface area contributed by atoms with E-state index < -0.39 is 0 Å². The molecule has 0 aliphatic heterocycles. The second kappa shape index (κ2) is 5.92. The molecule has 3 nitrogen and oxygen atoms in total. The summed E-state index contributed by atoms with van der Waals surface area (Å²) in [5.74, 6) is 0. The molecule has 0 amide bonds. The van der Waals surface area contributed by atoms with Crippen molar-refractivity contribution in [3.05, 3.63) is 51.4 Å². The molecule has 1 aromatic carbocycles. The fourth-order valence-electron chi connectivity index (χ4n) is 2.66. The van der Waals surface area contributed by atoms with Crippen molar-refractivity contribution in [3.63, 3.8) is 0 Å². The Morgan fingerprint density at radius 1 is 1.19 bits per heavy atom. The van der Waals surface area contributed by atoms with Crippen molar-refractivity contribution >= 4 is 0 Å². The van der Waals surface area contributed by atoms with E-state index >= 15 is 0 Å². The molecule has 0 saturated heterocycles. The molecule has 0 aliphatic rings. The van der Waals surface area contributed by atoms with Gasteiger partial charge >= 0.3 is 0 Å². The first-order chi connectivity index (χ1) is 9.86. The van der Waals surface area contributed by atoms with E-state index in [1.807, 2.05) is 31.2 Å². The fourth-order valence-corrected chi connectivity index (χ4v) is 2.66. The van der Waals surface area contributed by atoms with Crippen LogP contribution in [0.5, 0.6) is 0 Å². The Morgan fingerprint density at radius 3 is 2.43 bits per heavy atom. The Balaban J connectivity index is 2.62. The maximum absolute atomic E-state index is 12.8. The Morgan fingerprint density at radius 2 is 1.86 bits per heavy atom. The van der Waals surface area contributed by atoms with Crippen molar-refractivity contribution in [2.24, 2.45) is 0 Å². The van der Waals surface area contributed by atoms with Crippen molar-refractivity contribution in [2.45, 2.75) is 59.3 Å². The topological polar surface area (TPSA) is 37.8 Å². The van der Waals surface area contributed by atoms with E-state index in [9.17, 15) is 4.79 Å². The zero-order valence-electron chi connectivity index (χ0n) is 13.8. The van der Waals surface area contributed by atoms with E-state index in [1.165, 1.54) is 0 Å². The molecule has 0 bridgehead atoms. The lowest BCUT2D eigenvalue weighted by Gasteiger charge is -2.18. The van der Waals surface area contributed by atoms with Crippen molar-refractivity contribution in [1.82, 2.24) is 9.78 Å². The van der Waals surface area contributed by atoms with Gasteiger partial charge in [-0.3, -0.25) is 9.89 Å². The van der Waals surface area contributed by atoms with Crippen LogP contribution in [0.3, 0.4) is 0 Å². The number of nitrogens with zero attached hydrogens (tertiary/aromatic N) is 1. The van der Waals surface area contributed by atoms with Crippen LogP contribution in [0.2, 0.25) is 0 Å². The van der Waals surface area contributed by atoms with Gasteiger partial charge in [0, 0.05) is 16.7 Å². The van der Waals surface area contributed by atoms with Gasteiger partial charge in [-0.1, -0.05) is 52.3 Å². The quantitative estimate of drug-likeness (QED) is 0.902. The first-order valence-corrected chi connectivity index (χ1v) is 7.76. The number of nitrogens with one attached hydrogen (secondary N) is 1. The molecular weight excluding hydrogens is 260 g/mol. The van der Waals surface area contributed by atoms with E-state index in [2.05, 4.69) is 32.8 Å². The largest absolute Gasteiger partial charge is 0.294 e. The zero-order valence-corrected chi connectivity index (χ0v) is 13.8. The van der Waals surface area contributed by atoms with Gasteiger partial charge in [0.05, 0.1) is 5.69 Å². The van der Waals surface area contributed by atoms with Crippen molar-refractivity contribution in [2.75, 3.05) is 0 Å². The third-order valence-electron chi connectivity index (χ3n) is 3.87. The van der Waals surface area contributed by atoms with Crippen LogP contribution in [-0.4, -0.2) is 9.78 Å². The highest BCUT2D eigenvalue weighted by Crippen LogP contribution is 2.24. The molecule has 0 unspecified atom stereocenters. The van der Waals surface area contributed by atoms with Crippen LogP contribution < -0.4 is 5.56 Å². The number of unbranched alkanes of at least 4 members (excludes halogenated alkanes) is 1. The molecule has 0 aliphatic carbocycles. The summed E-state index contributed by atoms with van der Waals surface area (Å²) in [6, 6.07) is 7.99. The van der Waals surface area contributed by atoms with Gasteiger partial charge < -0.3 is 0 Å². The lowest BCUT2D eigenvalue weighted by molar-refractivity contribution is 0.552. The Kier molecular flexibility index (Phi) is 4.40. The van der Waals surface area contributed by atoms with Gasteiger partial charge in [0.1, 0.15) is 0 Å². The van der Waals surface area contributed by atoms with Crippen molar-refractivity contribution < 1.29 is 0 Å². The van der Waals surface area contributed by atoms with E-state index in [1.54, 1.807) is 4.68 Å². The lowest BCUT2D eigenvalue weighted by atomic mass is 9.88. The molecule has 1 aromatic heterocycles. The molecule has 0 saturated carbocycles. The minimum Gasteiger partial charge on any atom is -0.294 e. The Hall–Kier alpha value is -1.77. The molecule has 0 fully saturated rings. The molecular formula is C18H26N2O. The van der Waals surface area contributed by atoms with E-state index in [0.29, 0.717) is 0 Å². The van der Waals surface area contributed by atoms with Crippen LogP contribution in [0, 0.1) is 6.92 Å². The SMILES string of the molecule is CCCCc1c(C(C)(C)C)[nH]n(-c2ccccc2C)c1=O. The second-order valence-electron chi connectivity index (χ2n) is 6.75. The van der Waals surface area contributed by atoms with Gasteiger partial charge in [-0.05, 0) is 31.4 Å². The van der Waals surface area contributed by atoms with Crippen LogP contribution in [0.1, 0.15) is 57.4 Å². The minimum absolute atomic E-state index is 0.0594. The van der Waals surface area contributed by atoms with Crippen LogP contribution in [0.15, 0.2) is 29.1 Å². The highest BCUT2D eigenvalue weighted by Gasteiger charge is 2.24. The highest BCUT2D eigenvalue weighted by atomic mass is 16.1. The molecule has 2 rings (SSSR count). The lowest BCUT2D eigenvalue weighted by Crippen LogP contribution is -2.19. The summed E-state index contributed by atoms with van der Waals surface area (Å²) >= 11 is 0. The Bertz CT molecular complexity index is 671. The van der Waals surface area contributed by atoms with Crippen LogP contribution in [0.4, 0.5) is 0 Å². The Labute approximate surface area is 127 Å². The van der Waals surface area contributed by atoms with Gasteiger partial charge in [-0.2, -0.15) is 0 Å². The summed E-state index contributed by atoms with van der Waals surface area (Å²) in [4.78, 5) is 12.8. The summed E-state index contributed by atoms with van der Waals surface area (Å²) in [5.41, 5.74) is 4.08. The second-order valence-corrected chi connectivity index (χ2v) is 6.75. The molecule has 114 valence electrons. The smallest absolute Gasteiger partial charge is 0.274 e. The molecule has 1 heterocycles. The summed E-state index contributed by atoms with van der Waals surface area (Å²) in [6.07, 6.45) is 2.99. The van der Waals surface area contributed by atoms with Crippen molar-refractivity contribution in [1.29, 1.82) is 0 Å². The number of aromatic nitrogens is 2. The number of hydrogen-bond donors (Lipinski definition) is 1. The number of H-pyrrole nitrogens is 1. The van der Waals surface area contributed by atoms with E-state index in [-0.39, 0.29) is 11.0 Å². The number of aryl methyl sites for hydroxylation is 1. The summed E-state index contributed by atoms with van der Waals surface area (Å²) in [5, 5.41) is 3.36. The first kappa shape index (κ1) is 15.6. The van der Waals surface area contributed by atoms with Gasteiger partial charge in [0.2, 0.25) is 0 Å². The van der Waals surface area contributed by atoms with Crippen LogP contribution >= 0.6 is 0 Å². The maximum atomic E-state index is 12.8. The van der Waals surface area contributed by atoms with Gasteiger partial charge in [0.15, 0.2) is 0 Å². The molecule has 2 aromatic rings. The standard InChI is InChI=1S/C18H26N2O/c1-6-7-11-14-16(18(3,4)5)19-20(17(14)21)15-12-9-8-10-13(15)2/h8-10,12,19H,6-7,11H2,1-5H3. The van der Waals surface area contributed by atoms with Gasteiger partial charge in [-0.15, -0.1) is 0 Å². The zero-order chi connectivity index (χ0) is 15.6. The highest BCUT2D eigenvalue weighted by molar-refractivity contribution is 5.41. The number of aromatic amines is 1. The molecule has 0 atom stereocenters. The van der Waals surface area contributed by atoms with E-state index in [0.717, 1.165) is 41.8 Å². The monoisotopic (exact) mass is 286 g/mol. The average Bonchev–Trinajstić information content (AvgIpc) is 2.74. The van der Waals surface area contributed by atoms with Gasteiger partial charge in [-0.25, -0.2) is 4.68 Å². The van der Waals surface area contributed by atoms with Crippen LogP contribution in [-0.2, 0) is 11.8 Å². The molecule has 0 spiro atoms.